The van der Waals surface area contributed by atoms with E-state index >= 15 is 0 Å². The highest BCUT2D eigenvalue weighted by atomic mass is 35.5. The number of phenolic OH excluding ortho intramolecular Hbond substituents is 1. The number of nitrogens with one attached hydrogen (secondary N) is 1. The number of nitrogens with zero attached hydrogens (tertiary/aromatic N) is 1. The molecule has 0 saturated carbocycles. The van der Waals surface area contributed by atoms with E-state index in [9.17, 15) is 5.11 Å². The van der Waals surface area contributed by atoms with E-state index in [4.69, 9.17) is 11.6 Å². The van der Waals surface area contributed by atoms with Crippen molar-refractivity contribution in [1.82, 2.24) is 10.2 Å². The number of benzene rings is 1. The van der Waals surface area contributed by atoms with Crippen LogP contribution in [0, 0.1) is 0 Å². The number of hydrogen-bond acceptors (Lipinski definition) is 3. The van der Waals surface area contributed by atoms with E-state index < -0.39 is 0 Å². The second kappa shape index (κ2) is 7.13. The number of phenols is 1. The quantitative estimate of drug-likeness (QED) is 0.871. The summed E-state index contributed by atoms with van der Waals surface area (Å²) in [5.41, 5.74) is 1.11. The molecule has 1 aromatic carbocycles. The van der Waals surface area contributed by atoms with Crippen LogP contribution < -0.4 is 5.32 Å². The van der Waals surface area contributed by atoms with Crippen molar-refractivity contribution in [2.45, 2.75) is 38.8 Å². The smallest absolute Gasteiger partial charge is 0.134 e. The number of halogens is 1. The minimum atomic E-state index is 0.145. The Morgan fingerprint density at radius 1 is 1.32 bits per heavy atom. The van der Waals surface area contributed by atoms with Gasteiger partial charge in [0.05, 0.1) is 5.02 Å². The molecule has 1 heterocycles. The summed E-state index contributed by atoms with van der Waals surface area (Å²) in [5.74, 6) is 0.145. The molecule has 1 atom stereocenters. The van der Waals surface area contributed by atoms with Crippen molar-refractivity contribution in [2.24, 2.45) is 0 Å². The first-order valence-corrected chi connectivity index (χ1v) is 7.47. The largest absolute Gasteiger partial charge is 0.506 e. The lowest BCUT2D eigenvalue weighted by molar-refractivity contribution is 0.170. The molecule has 1 unspecified atom stereocenters. The summed E-state index contributed by atoms with van der Waals surface area (Å²) < 4.78 is 0. The summed E-state index contributed by atoms with van der Waals surface area (Å²) in [5, 5.41) is 13.3. The van der Waals surface area contributed by atoms with Gasteiger partial charge in [0.1, 0.15) is 5.75 Å². The molecule has 0 bridgehead atoms. The molecule has 1 aliphatic heterocycles. The number of hydrogen-bond donors (Lipinski definition) is 2. The van der Waals surface area contributed by atoms with Gasteiger partial charge in [-0.15, -0.1) is 0 Å². The molecule has 1 aromatic rings. The lowest BCUT2D eigenvalue weighted by atomic mass is 10.1. The Hall–Kier alpha value is -0.770. The maximum Gasteiger partial charge on any atom is 0.134 e. The van der Waals surface area contributed by atoms with Gasteiger partial charge < -0.3 is 10.4 Å². The van der Waals surface area contributed by atoms with Crippen molar-refractivity contribution in [2.75, 3.05) is 19.6 Å². The minimum Gasteiger partial charge on any atom is -0.506 e. The van der Waals surface area contributed by atoms with Crippen molar-refractivity contribution in [3.05, 3.63) is 28.8 Å². The Kier molecular flexibility index (Phi) is 5.49. The molecule has 2 rings (SSSR count). The van der Waals surface area contributed by atoms with Crippen LogP contribution in [-0.2, 0) is 6.54 Å². The van der Waals surface area contributed by atoms with Gasteiger partial charge in [-0.25, -0.2) is 0 Å². The predicted octanol–water partition coefficient (Wildman–Crippen LogP) is 3.01. The van der Waals surface area contributed by atoms with Crippen molar-refractivity contribution in [3.8, 4) is 5.75 Å². The number of aromatic hydroxyl groups is 1. The number of likely N-dealkylation sites (tertiary alicyclic amines) is 1. The zero-order chi connectivity index (χ0) is 13.7. The van der Waals surface area contributed by atoms with Crippen LogP contribution in [0.25, 0.3) is 0 Å². The molecule has 2 N–H and O–H groups in total. The van der Waals surface area contributed by atoms with Crippen molar-refractivity contribution < 1.29 is 5.11 Å². The van der Waals surface area contributed by atoms with E-state index in [2.05, 4.69) is 17.1 Å². The maximum atomic E-state index is 9.37. The number of piperidine rings is 1. The van der Waals surface area contributed by atoms with E-state index in [1.807, 2.05) is 12.1 Å². The van der Waals surface area contributed by atoms with Crippen LogP contribution in [0.3, 0.4) is 0 Å². The van der Waals surface area contributed by atoms with Crippen LogP contribution in [0.1, 0.15) is 31.7 Å². The second-order valence-electron chi connectivity index (χ2n) is 5.36. The molecule has 106 valence electrons. The van der Waals surface area contributed by atoms with Gasteiger partial charge in [0.25, 0.3) is 0 Å². The second-order valence-corrected chi connectivity index (χ2v) is 5.77. The first-order valence-electron chi connectivity index (χ1n) is 7.09. The Morgan fingerprint density at radius 2 is 2.05 bits per heavy atom. The van der Waals surface area contributed by atoms with E-state index in [0.717, 1.165) is 18.7 Å². The first-order chi connectivity index (χ1) is 9.16. The lowest BCUT2D eigenvalue weighted by Gasteiger charge is -2.32. The summed E-state index contributed by atoms with van der Waals surface area (Å²) >= 11 is 5.89. The monoisotopic (exact) mass is 282 g/mol. The third-order valence-electron chi connectivity index (χ3n) is 3.79. The summed E-state index contributed by atoms with van der Waals surface area (Å²) in [7, 11) is 0. The van der Waals surface area contributed by atoms with Crippen molar-refractivity contribution in [3.63, 3.8) is 0 Å². The fourth-order valence-electron chi connectivity index (χ4n) is 2.57. The molecule has 1 saturated heterocycles. The maximum absolute atomic E-state index is 9.37. The average molecular weight is 283 g/mol. The molecule has 19 heavy (non-hydrogen) atoms. The van der Waals surface area contributed by atoms with Crippen LogP contribution in [0.5, 0.6) is 5.75 Å². The molecule has 0 aliphatic carbocycles. The third kappa shape index (κ3) is 4.37. The standard InChI is InChI=1S/C15H23ClN2O/c1-12(18-7-3-2-4-8-18)10-17-11-13-5-6-15(19)14(16)9-13/h5-6,9,12,17,19H,2-4,7-8,10-11H2,1H3. The molecule has 3 nitrogen and oxygen atoms in total. The molecule has 1 fully saturated rings. The fraction of sp³-hybridized carbons (Fsp3) is 0.600. The van der Waals surface area contributed by atoms with Gasteiger partial charge >= 0.3 is 0 Å². The first kappa shape index (κ1) is 14.6. The Balaban J connectivity index is 1.74. The van der Waals surface area contributed by atoms with E-state index in [1.54, 1.807) is 6.07 Å². The highest BCUT2D eigenvalue weighted by molar-refractivity contribution is 6.32. The molecule has 0 aromatic heterocycles. The van der Waals surface area contributed by atoms with Gasteiger partial charge in [0.15, 0.2) is 0 Å². The Bertz CT molecular complexity index is 405. The van der Waals surface area contributed by atoms with Gasteiger partial charge in [-0.1, -0.05) is 24.1 Å². The average Bonchev–Trinajstić information content (AvgIpc) is 2.43. The molecule has 4 heteroatoms. The molecule has 0 amide bonds. The summed E-state index contributed by atoms with van der Waals surface area (Å²) in [6, 6.07) is 5.94. The summed E-state index contributed by atoms with van der Waals surface area (Å²) in [4.78, 5) is 2.56. The molecule has 0 radical (unpaired) electrons. The Labute approximate surface area is 120 Å². The van der Waals surface area contributed by atoms with Crippen LogP contribution in [0.15, 0.2) is 18.2 Å². The van der Waals surface area contributed by atoms with Crippen LogP contribution in [0.4, 0.5) is 0 Å². The third-order valence-corrected chi connectivity index (χ3v) is 4.10. The van der Waals surface area contributed by atoms with Gasteiger partial charge in [-0.2, -0.15) is 0 Å². The summed E-state index contributed by atoms with van der Waals surface area (Å²) in [6.07, 6.45) is 4.04. The highest BCUT2D eigenvalue weighted by Crippen LogP contribution is 2.23. The van der Waals surface area contributed by atoms with Gasteiger partial charge in [0, 0.05) is 19.1 Å². The van der Waals surface area contributed by atoms with Crippen LogP contribution >= 0.6 is 11.6 Å². The molecular weight excluding hydrogens is 260 g/mol. The minimum absolute atomic E-state index is 0.145. The van der Waals surface area contributed by atoms with Crippen LogP contribution in [0.2, 0.25) is 5.02 Å². The fourth-order valence-corrected chi connectivity index (χ4v) is 2.78. The topological polar surface area (TPSA) is 35.5 Å². The number of rotatable bonds is 5. The zero-order valence-corrected chi connectivity index (χ0v) is 12.3. The SMILES string of the molecule is CC(CNCc1ccc(O)c(Cl)c1)N1CCCCC1. The highest BCUT2D eigenvalue weighted by Gasteiger charge is 2.15. The van der Waals surface area contributed by atoms with Crippen molar-refractivity contribution >= 4 is 11.6 Å². The molecule has 1 aliphatic rings. The van der Waals surface area contributed by atoms with Crippen LogP contribution in [-0.4, -0.2) is 35.7 Å². The normalized spacial score (nSPS) is 18.4. The van der Waals surface area contributed by atoms with E-state index in [1.165, 1.54) is 32.4 Å². The van der Waals surface area contributed by atoms with Gasteiger partial charge in [-0.05, 0) is 50.6 Å². The Morgan fingerprint density at radius 3 is 2.74 bits per heavy atom. The van der Waals surface area contributed by atoms with Gasteiger partial charge in [0.2, 0.25) is 0 Å². The van der Waals surface area contributed by atoms with Gasteiger partial charge in [-0.3, -0.25) is 4.90 Å². The molecular formula is C15H23ClN2O. The van der Waals surface area contributed by atoms with Crippen molar-refractivity contribution in [1.29, 1.82) is 0 Å². The van der Waals surface area contributed by atoms with E-state index in [0.29, 0.717) is 11.1 Å². The van der Waals surface area contributed by atoms with E-state index in [-0.39, 0.29) is 5.75 Å². The molecule has 0 spiro atoms. The zero-order valence-electron chi connectivity index (χ0n) is 11.5. The summed E-state index contributed by atoms with van der Waals surface area (Å²) in [6.45, 7) is 6.51. The predicted molar refractivity (Wildman–Crippen MR) is 79.7 cm³/mol. The lowest BCUT2D eigenvalue weighted by Crippen LogP contribution is -2.42.